The Bertz CT molecular complexity index is 179. The van der Waals surface area contributed by atoms with Crippen molar-refractivity contribution in [2.24, 2.45) is 0 Å². The van der Waals surface area contributed by atoms with Crippen LogP contribution in [0.4, 0.5) is 0 Å². The number of thiol groups is 1. The Labute approximate surface area is 130 Å². The number of rotatable bonds is 12. The van der Waals surface area contributed by atoms with Gasteiger partial charge < -0.3 is 10.2 Å². The first-order chi connectivity index (χ1) is 8.52. The minimum atomic E-state index is -0.200. The molecule has 0 aromatic rings. The molecule has 3 unspecified atom stereocenters. The number of thioether (sulfide) groups is 3. The molecule has 0 radical (unpaired) electrons. The van der Waals surface area contributed by atoms with E-state index in [0.717, 1.165) is 40.9 Å². The number of hydrogen-bond donors (Lipinski definition) is 3. The van der Waals surface area contributed by atoms with Gasteiger partial charge in [0.2, 0.25) is 0 Å². The van der Waals surface area contributed by atoms with E-state index >= 15 is 0 Å². The molecule has 0 aliphatic heterocycles. The molecule has 0 amide bonds. The van der Waals surface area contributed by atoms with Crippen LogP contribution in [0.1, 0.15) is 20.3 Å². The van der Waals surface area contributed by atoms with Crippen LogP contribution >= 0.6 is 47.9 Å². The minimum absolute atomic E-state index is 0.191. The van der Waals surface area contributed by atoms with E-state index in [1.807, 2.05) is 37.4 Å². The maximum Gasteiger partial charge on any atom is 0.0602 e. The van der Waals surface area contributed by atoms with Gasteiger partial charge in [0.15, 0.2) is 0 Å². The lowest BCUT2D eigenvalue weighted by Crippen LogP contribution is -2.08. The SMILES string of the molecule is CC(O)CSCCSCC(S)CCSCC(C)O. The van der Waals surface area contributed by atoms with Gasteiger partial charge in [-0.25, -0.2) is 0 Å². The highest BCUT2D eigenvalue weighted by atomic mass is 32.2. The Hall–Kier alpha value is 1.32. The van der Waals surface area contributed by atoms with Gasteiger partial charge in [-0.2, -0.15) is 47.9 Å². The number of aliphatic hydroxyl groups is 2. The Kier molecular flexibility index (Phi) is 14.3. The summed E-state index contributed by atoms with van der Waals surface area (Å²) in [5.74, 6) is 6.07. The average molecular weight is 331 g/mol. The van der Waals surface area contributed by atoms with Crippen LogP contribution in [0.15, 0.2) is 0 Å². The molecular formula is C12H26O2S4. The molecule has 0 saturated carbocycles. The lowest BCUT2D eigenvalue weighted by molar-refractivity contribution is 0.220. The van der Waals surface area contributed by atoms with Crippen molar-refractivity contribution in [3.63, 3.8) is 0 Å². The lowest BCUT2D eigenvalue weighted by atomic mass is 10.4. The zero-order chi connectivity index (χ0) is 13.8. The molecule has 0 aromatic carbocycles. The fraction of sp³-hybridized carbons (Fsp3) is 1.00. The van der Waals surface area contributed by atoms with E-state index in [4.69, 9.17) is 10.2 Å². The zero-order valence-corrected chi connectivity index (χ0v) is 14.6. The summed E-state index contributed by atoms with van der Waals surface area (Å²) in [4.78, 5) is 0. The van der Waals surface area contributed by atoms with Crippen molar-refractivity contribution >= 4 is 47.9 Å². The van der Waals surface area contributed by atoms with Crippen LogP contribution in [-0.4, -0.2) is 62.2 Å². The molecule has 3 atom stereocenters. The first-order valence-corrected chi connectivity index (χ1v) is 10.3. The molecule has 2 nitrogen and oxygen atoms in total. The summed E-state index contributed by atoms with van der Waals surface area (Å²) in [7, 11) is 0. The van der Waals surface area contributed by atoms with Gasteiger partial charge in [-0.1, -0.05) is 0 Å². The fourth-order valence-corrected chi connectivity index (χ4v) is 4.78. The second kappa shape index (κ2) is 13.3. The third kappa shape index (κ3) is 15.4. The Balaban J connectivity index is 3.19. The summed E-state index contributed by atoms with van der Waals surface area (Å²) < 4.78 is 0. The Morgan fingerprint density at radius 3 is 1.78 bits per heavy atom. The van der Waals surface area contributed by atoms with E-state index in [-0.39, 0.29) is 12.2 Å². The third-order valence-electron chi connectivity index (χ3n) is 2.00. The van der Waals surface area contributed by atoms with Gasteiger partial charge in [0.1, 0.15) is 0 Å². The van der Waals surface area contributed by atoms with Gasteiger partial charge in [-0.15, -0.1) is 0 Å². The molecule has 18 heavy (non-hydrogen) atoms. The largest absolute Gasteiger partial charge is 0.393 e. The number of hydrogen-bond acceptors (Lipinski definition) is 6. The smallest absolute Gasteiger partial charge is 0.0602 e. The van der Waals surface area contributed by atoms with Gasteiger partial charge in [0.25, 0.3) is 0 Å². The van der Waals surface area contributed by atoms with E-state index in [1.165, 1.54) is 0 Å². The molecule has 0 aliphatic rings. The molecule has 6 heteroatoms. The van der Waals surface area contributed by atoms with Crippen molar-refractivity contribution in [3.8, 4) is 0 Å². The minimum Gasteiger partial charge on any atom is -0.393 e. The van der Waals surface area contributed by atoms with Crippen molar-refractivity contribution < 1.29 is 10.2 Å². The summed E-state index contributed by atoms with van der Waals surface area (Å²) in [6.45, 7) is 3.65. The van der Waals surface area contributed by atoms with Gasteiger partial charge >= 0.3 is 0 Å². The zero-order valence-electron chi connectivity index (χ0n) is 11.2. The summed E-state index contributed by atoms with van der Waals surface area (Å²) in [5.41, 5.74) is 0. The highest BCUT2D eigenvalue weighted by Gasteiger charge is 2.04. The van der Waals surface area contributed by atoms with Gasteiger partial charge in [0.05, 0.1) is 12.2 Å². The molecule has 0 bridgehead atoms. The molecule has 0 heterocycles. The highest BCUT2D eigenvalue weighted by molar-refractivity contribution is 8.03. The summed E-state index contributed by atoms with van der Waals surface area (Å²) >= 11 is 10.1. The topological polar surface area (TPSA) is 40.5 Å². The van der Waals surface area contributed by atoms with E-state index in [1.54, 1.807) is 11.8 Å². The molecule has 0 rings (SSSR count). The molecular weight excluding hydrogens is 304 g/mol. The van der Waals surface area contributed by atoms with Gasteiger partial charge in [0, 0.05) is 34.0 Å². The van der Waals surface area contributed by atoms with Crippen LogP contribution in [0, 0.1) is 0 Å². The molecule has 0 aromatic heterocycles. The summed E-state index contributed by atoms with van der Waals surface area (Å²) in [6, 6.07) is 0. The van der Waals surface area contributed by atoms with Crippen LogP contribution in [0.5, 0.6) is 0 Å². The van der Waals surface area contributed by atoms with Crippen molar-refractivity contribution in [1.82, 2.24) is 0 Å². The van der Waals surface area contributed by atoms with Crippen LogP contribution in [0.2, 0.25) is 0 Å². The van der Waals surface area contributed by atoms with Gasteiger partial charge in [-0.05, 0) is 26.0 Å². The van der Waals surface area contributed by atoms with Crippen LogP contribution in [-0.2, 0) is 0 Å². The predicted octanol–water partition coefficient (Wildman–Crippen LogP) is 2.64. The van der Waals surface area contributed by atoms with Gasteiger partial charge in [-0.3, -0.25) is 0 Å². The molecule has 0 spiro atoms. The monoisotopic (exact) mass is 330 g/mol. The fourth-order valence-electron chi connectivity index (χ4n) is 1.15. The second-order valence-electron chi connectivity index (χ2n) is 4.37. The van der Waals surface area contributed by atoms with Crippen LogP contribution in [0.25, 0.3) is 0 Å². The maximum atomic E-state index is 9.12. The second-order valence-corrected chi connectivity index (χ2v) is 8.55. The van der Waals surface area contributed by atoms with Crippen LogP contribution < -0.4 is 0 Å². The van der Waals surface area contributed by atoms with E-state index < -0.39 is 0 Å². The Morgan fingerprint density at radius 2 is 1.28 bits per heavy atom. The maximum absolute atomic E-state index is 9.12. The van der Waals surface area contributed by atoms with Crippen molar-refractivity contribution in [2.45, 2.75) is 37.7 Å². The van der Waals surface area contributed by atoms with Crippen molar-refractivity contribution in [1.29, 1.82) is 0 Å². The van der Waals surface area contributed by atoms with Crippen LogP contribution in [0.3, 0.4) is 0 Å². The van der Waals surface area contributed by atoms with E-state index in [2.05, 4.69) is 12.6 Å². The average Bonchev–Trinajstić information content (AvgIpc) is 2.28. The number of aliphatic hydroxyl groups excluding tert-OH is 2. The molecule has 2 N–H and O–H groups in total. The third-order valence-corrected chi connectivity index (χ3v) is 6.53. The standard InChI is InChI=1S/C12H26O2S4/c1-10(13)7-16-4-3-12(15)9-18-6-5-17-8-11(2)14/h10-15H,3-9H2,1-2H3. The normalized spacial score (nSPS) is 16.5. The highest BCUT2D eigenvalue weighted by Crippen LogP contribution is 2.16. The molecule has 0 saturated heterocycles. The Morgan fingerprint density at radius 1 is 0.833 bits per heavy atom. The molecule has 110 valence electrons. The van der Waals surface area contributed by atoms with E-state index in [0.29, 0.717) is 5.25 Å². The first kappa shape index (κ1) is 19.3. The first-order valence-electron chi connectivity index (χ1n) is 6.29. The summed E-state index contributed by atoms with van der Waals surface area (Å²) in [6.07, 6.45) is 0.714. The lowest BCUT2D eigenvalue weighted by Gasteiger charge is -2.10. The quantitative estimate of drug-likeness (QED) is 0.379. The predicted molar refractivity (Wildman–Crippen MR) is 92.7 cm³/mol. The molecule has 0 aliphatic carbocycles. The van der Waals surface area contributed by atoms with Crippen molar-refractivity contribution in [2.75, 3.05) is 34.5 Å². The van der Waals surface area contributed by atoms with Crippen molar-refractivity contribution in [3.05, 3.63) is 0 Å². The summed E-state index contributed by atoms with van der Waals surface area (Å²) in [5, 5.41) is 18.7. The molecule has 0 fully saturated rings. The van der Waals surface area contributed by atoms with E-state index in [9.17, 15) is 0 Å².